The molecular weight excluding hydrogens is 574 g/mol. The summed E-state index contributed by atoms with van der Waals surface area (Å²) in [6.07, 6.45) is 0. The van der Waals surface area contributed by atoms with Crippen molar-refractivity contribution in [2.24, 2.45) is 0 Å². The number of nitriles is 1. The van der Waals surface area contributed by atoms with Crippen LogP contribution in [0.1, 0.15) is 5.56 Å². The van der Waals surface area contributed by atoms with Crippen LogP contribution in [0.2, 0.25) is 0 Å². The van der Waals surface area contributed by atoms with Crippen LogP contribution in [0.4, 0.5) is 17.1 Å². The SMILES string of the molecule is N#Cc1cccc(-c2ccc3c(c2)c2c(N(c4ccccc4)c4cccc5c4oc4ccccc45)cccc2n3-c2ccccc2)c1. The third kappa shape index (κ3) is 4.29. The van der Waals surface area contributed by atoms with Crippen LogP contribution < -0.4 is 4.90 Å². The number of anilines is 3. The summed E-state index contributed by atoms with van der Waals surface area (Å²) in [7, 11) is 0. The molecule has 0 radical (unpaired) electrons. The zero-order valence-corrected chi connectivity index (χ0v) is 25.3. The first-order valence-corrected chi connectivity index (χ1v) is 15.7. The van der Waals surface area contributed by atoms with E-state index in [2.05, 4.69) is 137 Å². The minimum absolute atomic E-state index is 0.643. The first-order valence-electron chi connectivity index (χ1n) is 15.7. The number of hydrogen-bond acceptors (Lipinski definition) is 3. The van der Waals surface area contributed by atoms with Crippen molar-refractivity contribution in [2.45, 2.75) is 0 Å². The second kappa shape index (κ2) is 10.8. The van der Waals surface area contributed by atoms with E-state index in [4.69, 9.17) is 4.42 Å². The Hall–Kier alpha value is -6.57. The van der Waals surface area contributed by atoms with E-state index in [1.54, 1.807) is 0 Å². The molecule has 0 amide bonds. The molecule has 9 rings (SSSR count). The van der Waals surface area contributed by atoms with E-state index >= 15 is 0 Å². The van der Waals surface area contributed by atoms with Gasteiger partial charge in [-0.05, 0) is 83.9 Å². The second-order valence-electron chi connectivity index (χ2n) is 11.7. The predicted molar refractivity (Wildman–Crippen MR) is 193 cm³/mol. The second-order valence-corrected chi connectivity index (χ2v) is 11.7. The molecule has 0 N–H and O–H groups in total. The molecule has 4 heteroatoms. The minimum Gasteiger partial charge on any atom is -0.454 e. The highest BCUT2D eigenvalue weighted by molar-refractivity contribution is 6.19. The van der Waals surface area contributed by atoms with Gasteiger partial charge in [0, 0.05) is 32.9 Å². The first kappa shape index (κ1) is 26.8. The number of para-hydroxylation sites is 4. The Bertz CT molecular complexity index is 2640. The molecule has 220 valence electrons. The summed E-state index contributed by atoms with van der Waals surface area (Å²) in [5, 5.41) is 14.0. The van der Waals surface area contributed by atoms with Gasteiger partial charge in [0.1, 0.15) is 5.58 Å². The van der Waals surface area contributed by atoms with Gasteiger partial charge in [-0.2, -0.15) is 5.26 Å². The highest BCUT2D eigenvalue weighted by Gasteiger charge is 2.24. The molecule has 0 spiro atoms. The van der Waals surface area contributed by atoms with E-state index in [0.29, 0.717) is 5.56 Å². The van der Waals surface area contributed by atoms with Gasteiger partial charge < -0.3 is 13.9 Å². The van der Waals surface area contributed by atoms with Gasteiger partial charge in [-0.25, -0.2) is 0 Å². The molecular formula is C43H27N3O. The lowest BCUT2D eigenvalue weighted by Crippen LogP contribution is -2.10. The molecule has 0 saturated heterocycles. The molecule has 7 aromatic carbocycles. The summed E-state index contributed by atoms with van der Waals surface area (Å²) < 4.78 is 8.95. The molecule has 0 unspecified atom stereocenters. The van der Waals surface area contributed by atoms with Gasteiger partial charge in [0.15, 0.2) is 5.58 Å². The van der Waals surface area contributed by atoms with E-state index in [1.165, 1.54) is 0 Å². The summed E-state index contributed by atoms with van der Waals surface area (Å²) in [5.41, 5.74) is 10.8. The average Bonchev–Trinajstić information content (AvgIpc) is 3.69. The maximum atomic E-state index is 9.62. The number of benzene rings is 7. The largest absolute Gasteiger partial charge is 0.454 e. The Labute approximate surface area is 271 Å². The normalized spacial score (nSPS) is 11.4. The number of aromatic nitrogens is 1. The average molecular weight is 602 g/mol. The lowest BCUT2D eigenvalue weighted by molar-refractivity contribution is 0.669. The molecule has 2 heterocycles. The third-order valence-corrected chi connectivity index (χ3v) is 8.99. The zero-order valence-electron chi connectivity index (χ0n) is 25.3. The monoisotopic (exact) mass is 601 g/mol. The Balaban J connectivity index is 1.40. The Kier molecular flexibility index (Phi) is 6.16. The summed E-state index contributed by atoms with van der Waals surface area (Å²) >= 11 is 0. The van der Waals surface area contributed by atoms with Crippen molar-refractivity contribution in [3.8, 4) is 22.9 Å². The molecule has 0 atom stereocenters. The van der Waals surface area contributed by atoms with Crippen molar-refractivity contribution in [1.82, 2.24) is 4.57 Å². The molecule has 9 aromatic rings. The number of hydrogen-bond donors (Lipinski definition) is 0. The lowest BCUT2D eigenvalue weighted by Gasteiger charge is -2.26. The van der Waals surface area contributed by atoms with Gasteiger partial charge in [-0.1, -0.05) is 91.0 Å². The molecule has 0 aliphatic rings. The van der Waals surface area contributed by atoms with Gasteiger partial charge in [0.05, 0.1) is 34.0 Å². The fraction of sp³-hybridized carbons (Fsp3) is 0. The van der Waals surface area contributed by atoms with Crippen LogP contribution in [0.25, 0.3) is 60.6 Å². The van der Waals surface area contributed by atoms with Crippen LogP contribution in [0.3, 0.4) is 0 Å². The number of furan rings is 1. The van der Waals surface area contributed by atoms with Crippen LogP contribution in [0.15, 0.2) is 168 Å². The first-order chi connectivity index (χ1) is 23.3. The van der Waals surface area contributed by atoms with Crippen molar-refractivity contribution >= 4 is 60.8 Å². The molecule has 0 saturated carbocycles. The lowest BCUT2D eigenvalue weighted by atomic mass is 10.00. The highest BCUT2D eigenvalue weighted by atomic mass is 16.3. The van der Waals surface area contributed by atoms with E-state index in [1.807, 2.05) is 42.5 Å². The van der Waals surface area contributed by atoms with E-state index in [0.717, 1.165) is 77.6 Å². The van der Waals surface area contributed by atoms with Crippen LogP contribution in [-0.2, 0) is 0 Å². The molecule has 0 aliphatic carbocycles. The number of nitrogens with zero attached hydrogens (tertiary/aromatic N) is 3. The predicted octanol–water partition coefficient (Wildman–Crippen LogP) is 11.7. The summed E-state index contributed by atoms with van der Waals surface area (Å²) in [4.78, 5) is 2.32. The third-order valence-electron chi connectivity index (χ3n) is 8.99. The highest BCUT2D eigenvalue weighted by Crippen LogP contribution is 2.47. The smallest absolute Gasteiger partial charge is 0.159 e. The van der Waals surface area contributed by atoms with E-state index < -0.39 is 0 Å². The Morgan fingerprint density at radius 2 is 1.23 bits per heavy atom. The van der Waals surface area contributed by atoms with Gasteiger partial charge in [-0.15, -0.1) is 0 Å². The van der Waals surface area contributed by atoms with Gasteiger partial charge in [0.25, 0.3) is 0 Å². The fourth-order valence-corrected chi connectivity index (χ4v) is 6.93. The molecule has 47 heavy (non-hydrogen) atoms. The molecule has 0 fully saturated rings. The van der Waals surface area contributed by atoms with E-state index in [-0.39, 0.29) is 0 Å². The van der Waals surface area contributed by atoms with Crippen molar-refractivity contribution in [3.05, 3.63) is 169 Å². The van der Waals surface area contributed by atoms with Crippen molar-refractivity contribution in [1.29, 1.82) is 5.26 Å². The zero-order chi connectivity index (χ0) is 31.3. The van der Waals surface area contributed by atoms with Crippen molar-refractivity contribution < 1.29 is 4.42 Å². The molecule has 4 nitrogen and oxygen atoms in total. The van der Waals surface area contributed by atoms with Gasteiger partial charge in [-0.3, -0.25) is 0 Å². The Morgan fingerprint density at radius 3 is 2.09 bits per heavy atom. The molecule has 0 bridgehead atoms. The standard InChI is InChI=1S/C43H27N3O/c44-28-29-12-9-13-30(26-29)31-24-25-37-36(27-31)42-38(45(37)32-14-3-1-4-15-32)20-11-21-39(42)46(33-16-5-2-6-17-33)40-22-10-19-35-34-18-7-8-23-41(34)47-43(35)40/h1-27H. The van der Waals surface area contributed by atoms with Gasteiger partial charge >= 0.3 is 0 Å². The minimum atomic E-state index is 0.643. The van der Waals surface area contributed by atoms with Crippen LogP contribution >= 0.6 is 0 Å². The maximum absolute atomic E-state index is 9.62. The Morgan fingerprint density at radius 1 is 0.532 bits per heavy atom. The summed E-state index contributed by atoms with van der Waals surface area (Å²) in [6, 6.07) is 58.9. The van der Waals surface area contributed by atoms with Crippen LogP contribution in [-0.4, -0.2) is 4.57 Å². The molecule has 2 aromatic heterocycles. The van der Waals surface area contributed by atoms with Crippen LogP contribution in [0, 0.1) is 11.3 Å². The van der Waals surface area contributed by atoms with E-state index in [9.17, 15) is 5.26 Å². The number of rotatable bonds is 5. The summed E-state index contributed by atoms with van der Waals surface area (Å²) in [5.74, 6) is 0. The topological polar surface area (TPSA) is 45.1 Å². The fourth-order valence-electron chi connectivity index (χ4n) is 6.93. The van der Waals surface area contributed by atoms with Gasteiger partial charge in [0.2, 0.25) is 0 Å². The molecule has 0 aliphatic heterocycles. The van der Waals surface area contributed by atoms with Crippen molar-refractivity contribution in [3.63, 3.8) is 0 Å². The van der Waals surface area contributed by atoms with Crippen molar-refractivity contribution in [2.75, 3.05) is 4.90 Å². The quantitative estimate of drug-likeness (QED) is 0.197. The van der Waals surface area contributed by atoms with Crippen LogP contribution in [0.5, 0.6) is 0 Å². The maximum Gasteiger partial charge on any atom is 0.159 e. The number of fused-ring (bicyclic) bond motifs is 6. The summed E-state index contributed by atoms with van der Waals surface area (Å²) in [6.45, 7) is 0.